The van der Waals surface area contributed by atoms with Crippen molar-refractivity contribution in [2.45, 2.75) is 26.3 Å². The van der Waals surface area contributed by atoms with Gasteiger partial charge in [0.15, 0.2) is 16.9 Å². The Morgan fingerprint density at radius 3 is 2.71 bits per heavy atom. The Bertz CT molecular complexity index is 1200. The van der Waals surface area contributed by atoms with Gasteiger partial charge in [0, 0.05) is 20.3 Å². The molecular formula is C24H25NO6. The van der Waals surface area contributed by atoms with Crippen LogP contribution in [0.3, 0.4) is 0 Å². The number of phenolic OH excluding ortho intramolecular Hbond substituents is 1. The van der Waals surface area contributed by atoms with Gasteiger partial charge in [-0.15, -0.1) is 0 Å². The summed E-state index contributed by atoms with van der Waals surface area (Å²) in [6.07, 6.45) is 0.607. The molecule has 1 aromatic heterocycles. The van der Waals surface area contributed by atoms with E-state index in [-0.39, 0.29) is 22.8 Å². The number of carbonyl (C=O) groups is 1. The van der Waals surface area contributed by atoms with E-state index in [1.54, 1.807) is 36.3 Å². The maximum Gasteiger partial charge on any atom is 0.290 e. The predicted molar refractivity (Wildman–Crippen MR) is 116 cm³/mol. The number of benzene rings is 2. The van der Waals surface area contributed by atoms with E-state index in [0.717, 1.165) is 5.56 Å². The summed E-state index contributed by atoms with van der Waals surface area (Å²) < 4.78 is 16.6. The molecule has 1 aliphatic rings. The summed E-state index contributed by atoms with van der Waals surface area (Å²) in [5, 5.41) is 10.6. The van der Waals surface area contributed by atoms with E-state index >= 15 is 0 Å². The number of phenols is 1. The number of hydrogen-bond acceptors (Lipinski definition) is 6. The van der Waals surface area contributed by atoms with Gasteiger partial charge in [0.05, 0.1) is 23.6 Å². The van der Waals surface area contributed by atoms with Crippen molar-refractivity contribution < 1.29 is 23.8 Å². The highest BCUT2D eigenvalue weighted by Gasteiger charge is 2.42. The molecule has 3 aromatic rings. The zero-order chi connectivity index (χ0) is 22.1. The zero-order valence-corrected chi connectivity index (χ0v) is 17.8. The van der Waals surface area contributed by atoms with Gasteiger partial charge in [0.25, 0.3) is 5.91 Å². The Morgan fingerprint density at radius 1 is 1.16 bits per heavy atom. The van der Waals surface area contributed by atoms with Crippen LogP contribution in [-0.4, -0.2) is 42.8 Å². The molecule has 0 spiro atoms. The van der Waals surface area contributed by atoms with Crippen LogP contribution in [0.15, 0.2) is 45.6 Å². The second-order valence-corrected chi connectivity index (χ2v) is 7.58. The monoisotopic (exact) mass is 423 g/mol. The number of methoxy groups -OCH3 is 1. The normalized spacial score (nSPS) is 15.5. The van der Waals surface area contributed by atoms with E-state index in [4.69, 9.17) is 13.9 Å². The van der Waals surface area contributed by atoms with Crippen LogP contribution >= 0.6 is 0 Å². The predicted octanol–water partition coefficient (Wildman–Crippen LogP) is 3.79. The highest BCUT2D eigenvalue weighted by molar-refractivity contribution is 5.99. The fourth-order valence-electron chi connectivity index (χ4n) is 4.06. The SMILES string of the molecule is CCOc1cc(C2c3c(oc4ccc(C)cc4c3=O)C(=O)N2CCCOC)ccc1O. The number of rotatable bonds is 7. The molecule has 2 heterocycles. The molecule has 162 valence electrons. The van der Waals surface area contributed by atoms with E-state index < -0.39 is 6.04 Å². The Hall–Kier alpha value is -3.32. The number of fused-ring (bicyclic) bond motifs is 2. The first-order valence-electron chi connectivity index (χ1n) is 10.3. The third kappa shape index (κ3) is 3.65. The van der Waals surface area contributed by atoms with E-state index in [9.17, 15) is 14.7 Å². The van der Waals surface area contributed by atoms with Crippen molar-refractivity contribution in [3.63, 3.8) is 0 Å². The largest absolute Gasteiger partial charge is 0.504 e. The molecule has 2 aromatic carbocycles. The Kier molecular flexibility index (Phi) is 5.69. The second kappa shape index (κ2) is 8.43. The van der Waals surface area contributed by atoms with Gasteiger partial charge in [-0.25, -0.2) is 0 Å². The van der Waals surface area contributed by atoms with Crippen LogP contribution in [0.25, 0.3) is 11.0 Å². The third-order valence-electron chi connectivity index (χ3n) is 5.47. The van der Waals surface area contributed by atoms with Crippen molar-refractivity contribution in [3.8, 4) is 11.5 Å². The van der Waals surface area contributed by atoms with Crippen molar-refractivity contribution in [2.75, 3.05) is 26.9 Å². The Balaban J connectivity index is 1.92. The average Bonchev–Trinajstić information content (AvgIpc) is 3.03. The van der Waals surface area contributed by atoms with E-state index in [0.29, 0.717) is 54.0 Å². The molecule has 31 heavy (non-hydrogen) atoms. The van der Waals surface area contributed by atoms with Crippen LogP contribution in [0, 0.1) is 6.92 Å². The lowest BCUT2D eigenvalue weighted by atomic mass is 9.97. The number of nitrogens with zero attached hydrogens (tertiary/aromatic N) is 1. The third-order valence-corrected chi connectivity index (χ3v) is 5.47. The van der Waals surface area contributed by atoms with Crippen LogP contribution in [-0.2, 0) is 4.74 Å². The lowest BCUT2D eigenvalue weighted by Crippen LogP contribution is -2.31. The van der Waals surface area contributed by atoms with Gasteiger partial charge in [-0.1, -0.05) is 17.7 Å². The number of amides is 1. The van der Waals surface area contributed by atoms with E-state index in [2.05, 4.69) is 0 Å². The second-order valence-electron chi connectivity index (χ2n) is 7.58. The summed E-state index contributed by atoms with van der Waals surface area (Å²) in [7, 11) is 1.60. The van der Waals surface area contributed by atoms with Crippen LogP contribution in [0.1, 0.15) is 46.6 Å². The van der Waals surface area contributed by atoms with Gasteiger partial charge >= 0.3 is 0 Å². The van der Waals surface area contributed by atoms with Crippen molar-refractivity contribution >= 4 is 16.9 Å². The van der Waals surface area contributed by atoms with Crippen LogP contribution in [0.2, 0.25) is 0 Å². The van der Waals surface area contributed by atoms with Gasteiger partial charge in [-0.2, -0.15) is 0 Å². The summed E-state index contributed by atoms with van der Waals surface area (Å²) in [5.41, 5.74) is 2.08. The Labute approximate surface area is 179 Å². The fourth-order valence-corrected chi connectivity index (χ4v) is 4.06. The highest BCUT2D eigenvalue weighted by Crippen LogP contribution is 2.40. The van der Waals surface area contributed by atoms with Gasteiger partial charge in [0.1, 0.15) is 5.58 Å². The molecule has 0 aliphatic carbocycles. The zero-order valence-electron chi connectivity index (χ0n) is 17.8. The number of ether oxygens (including phenoxy) is 2. The molecule has 7 heteroatoms. The molecule has 0 saturated heterocycles. The molecule has 1 unspecified atom stereocenters. The summed E-state index contributed by atoms with van der Waals surface area (Å²) in [6.45, 7) is 4.97. The van der Waals surface area contributed by atoms with E-state index in [1.165, 1.54) is 6.07 Å². The minimum Gasteiger partial charge on any atom is -0.504 e. The molecule has 0 radical (unpaired) electrons. The van der Waals surface area contributed by atoms with Crippen LogP contribution in [0.5, 0.6) is 11.5 Å². The summed E-state index contributed by atoms with van der Waals surface area (Å²) >= 11 is 0. The number of hydrogen-bond donors (Lipinski definition) is 1. The highest BCUT2D eigenvalue weighted by atomic mass is 16.5. The van der Waals surface area contributed by atoms with Crippen LogP contribution < -0.4 is 10.2 Å². The summed E-state index contributed by atoms with van der Waals surface area (Å²) in [4.78, 5) is 28.4. The van der Waals surface area contributed by atoms with Gasteiger partial charge in [0.2, 0.25) is 5.76 Å². The van der Waals surface area contributed by atoms with Crippen molar-refractivity contribution in [1.29, 1.82) is 0 Å². The molecule has 1 N–H and O–H groups in total. The first-order chi connectivity index (χ1) is 15.0. The van der Waals surface area contributed by atoms with Crippen LogP contribution in [0.4, 0.5) is 0 Å². The molecule has 0 bridgehead atoms. The molecule has 7 nitrogen and oxygen atoms in total. The average molecular weight is 423 g/mol. The molecule has 1 amide bonds. The molecule has 1 atom stereocenters. The fraction of sp³-hybridized carbons (Fsp3) is 0.333. The Morgan fingerprint density at radius 2 is 1.97 bits per heavy atom. The molecule has 1 aliphatic heterocycles. The standard InChI is InChI=1S/C24H25NO6/c1-4-30-19-13-15(7-8-17(19)26)21-20-22(27)16-12-14(2)6-9-18(16)31-23(20)24(28)25(21)10-5-11-29-3/h6-9,12-13,21,26H,4-5,10-11H2,1-3H3. The van der Waals surface area contributed by atoms with Gasteiger partial charge in [-0.3, -0.25) is 9.59 Å². The lowest BCUT2D eigenvalue weighted by Gasteiger charge is -2.25. The topological polar surface area (TPSA) is 89.2 Å². The van der Waals surface area contributed by atoms with Gasteiger partial charge in [-0.05, 0) is 50.1 Å². The van der Waals surface area contributed by atoms with Crippen molar-refractivity contribution in [3.05, 3.63) is 69.1 Å². The first-order valence-corrected chi connectivity index (χ1v) is 10.3. The maximum absolute atomic E-state index is 13.5. The molecule has 0 saturated carbocycles. The number of aryl methyl sites for hydroxylation is 1. The number of aromatic hydroxyl groups is 1. The molecular weight excluding hydrogens is 398 g/mol. The van der Waals surface area contributed by atoms with Crippen molar-refractivity contribution in [1.82, 2.24) is 4.90 Å². The summed E-state index contributed by atoms with van der Waals surface area (Å²) in [6, 6.07) is 9.60. The van der Waals surface area contributed by atoms with Crippen molar-refractivity contribution in [2.24, 2.45) is 0 Å². The molecule has 0 fully saturated rings. The molecule has 4 rings (SSSR count). The first kappa shape index (κ1) is 20.9. The van der Waals surface area contributed by atoms with Gasteiger partial charge < -0.3 is 23.9 Å². The minimum atomic E-state index is -0.639. The van der Waals surface area contributed by atoms with E-state index in [1.807, 2.05) is 19.9 Å². The lowest BCUT2D eigenvalue weighted by molar-refractivity contribution is 0.0707. The quantitative estimate of drug-likeness (QED) is 0.582. The number of carbonyl (C=O) groups excluding carboxylic acids is 1. The summed E-state index contributed by atoms with van der Waals surface area (Å²) in [5.74, 6) is 0.0394. The smallest absolute Gasteiger partial charge is 0.290 e. The minimum absolute atomic E-state index is 0.00208. The maximum atomic E-state index is 13.5.